The van der Waals surface area contributed by atoms with Gasteiger partial charge in [-0.25, -0.2) is 4.98 Å². The lowest BCUT2D eigenvalue weighted by Crippen LogP contribution is -2.13. The van der Waals surface area contributed by atoms with Gasteiger partial charge in [0.25, 0.3) is 5.91 Å². The van der Waals surface area contributed by atoms with Crippen molar-refractivity contribution >= 4 is 57.5 Å². The number of nitrogens with zero attached hydrogens (tertiary/aromatic N) is 1. The number of benzene rings is 1. The Morgan fingerprint density at radius 1 is 1.22 bits per heavy atom. The van der Waals surface area contributed by atoms with Crippen LogP contribution in [0.5, 0.6) is 0 Å². The fourth-order valence-corrected chi connectivity index (χ4v) is 2.00. The Morgan fingerprint density at radius 2 is 2.00 bits per heavy atom. The highest BCUT2D eigenvalue weighted by molar-refractivity contribution is 14.1. The van der Waals surface area contributed by atoms with Gasteiger partial charge in [0, 0.05) is 14.8 Å². The van der Waals surface area contributed by atoms with E-state index in [1.807, 2.05) is 6.07 Å². The van der Waals surface area contributed by atoms with Crippen molar-refractivity contribution in [3.8, 4) is 0 Å². The number of rotatable bonds is 2. The second-order valence-electron chi connectivity index (χ2n) is 3.44. The number of carbonyl (C=O) groups excluding carboxylic acids is 1. The van der Waals surface area contributed by atoms with E-state index in [1.54, 1.807) is 24.4 Å². The van der Waals surface area contributed by atoms with E-state index < -0.39 is 0 Å². The molecule has 1 heterocycles. The van der Waals surface area contributed by atoms with Crippen molar-refractivity contribution < 1.29 is 4.79 Å². The maximum atomic E-state index is 12.0. The van der Waals surface area contributed by atoms with Gasteiger partial charge in [0.05, 0.1) is 10.6 Å². The third-order valence-corrected chi connectivity index (χ3v) is 3.34. The lowest BCUT2D eigenvalue weighted by atomic mass is 10.2. The molecule has 3 nitrogen and oxygen atoms in total. The topological polar surface area (TPSA) is 42.0 Å². The number of aromatic nitrogens is 1. The second-order valence-corrected chi connectivity index (χ2v) is 5.53. The van der Waals surface area contributed by atoms with Crippen LogP contribution in [0.25, 0.3) is 0 Å². The van der Waals surface area contributed by atoms with Gasteiger partial charge in [-0.2, -0.15) is 0 Å². The lowest BCUT2D eigenvalue weighted by Gasteiger charge is -2.06. The Balaban J connectivity index is 2.21. The molecule has 1 aromatic heterocycles. The zero-order valence-electron chi connectivity index (χ0n) is 8.95. The number of pyridine rings is 1. The summed E-state index contributed by atoms with van der Waals surface area (Å²) >= 11 is 13.9. The molecule has 2 aromatic rings. The summed E-state index contributed by atoms with van der Waals surface area (Å²) in [5, 5.41) is 3.46. The molecule has 0 saturated carbocycles. The summed E-state index contributed by atoms with van der Waals surface area (Å²) in [7, 11) is 0. The first kappa shape index (κ1) is 13.6. The molecule has 18 heavy (non-hydrogen) atoms. The molecule has 0 radical (unpaired) electrons. The average molecular weight is 393 g/mol. The van der Waals surface area contributed by atoms with E-state index in [4.69, 9.17) is 23.2 Å². The van der Waals surface area contributed by atoms with Gasteiger partial charge < -0.3 is 5.32 Å². The lowest BCUT2D eigenvalue weighted by molar-refractivity contribution is 0.102. The van der Waals surface area contributed by atoms with Crippen molar-refractivity contribution in [1.29, 1.82) is 0 Å². The van der Waals surface area contributed by atoms with Crippen molar-refractivity contribution in [2.45, 2.75) is 0 Å². The molecule has 0 aliphatic heterocycles. The highest BCUT2D eigenvalue weighted by Gasteiger charge is 2.11. The van der Waals surface area contributed by atoms with Crippen molar-refractivity contribution in [3.63, 3.8) is 0 Å². The van der Waals surface area contributed by atoms with Crippen molar-refractivity contribution in [2.24, 2.45) is 0 Å². The molecule has 0 spiro atoms. The van der Waals surface area contributed by atoms with Crippen molar-refractivity contribution in [2.75, 3.05) is 5.32 Å². The van der Waals surface area contributed by atoms with Gasteiger partial charge >= 0.3 is 0 Å². The summed E-state index contributed by atoms with van der Waals surface area (Å²) in [5.74, 6) is 0.132. The number of halogens is 3. The van der Waals surface area contributed by atoms with E-state index in [0.29, 0.717) is 21.4 Å². The van der Waals surface area contributed by atoms with Crippen LogP contribution < -0.4 is 5.32 Å². The molecule has 1 N–H and O–H groups in total. The number of amides is 1. The van der Waals surface area contributed by atoms with Crippen molar-refractivity contribution in [3.05, 3.63) is 55.7 Å². The van der Waals surface area contributed by atoms with Crippen LogP contribution in [0.1, 0.15) is 10.4 Å². The zero-order chi connectivity index (χ0) is 13.1. The van der Waals surface area contributed by atoms with Crippen LogP contribution in [0.15, 0.2) is 36.5 Å². The molecule has 0 aliphatic rings. The molecular formula is C12H7Cl2IN2O. The van der Waals surface area contributed by atoms with Crippen LogP contribution in [-0.2, 0) is 0 Å². The normalized spacial score (nSPS) is 10.2. The van der Waals surface area contributed by atoms with Crippen LogP contribution in [0.2, 0.25) is 10.0 Å². The molecule has 92 valence electrons. The molecule has 1 amide bonds. The van der Waals surface area contributed by atoms with E-state index in [1.165, 1.54) is 6.07 Å². The molecule has 2 rings (SSSR count). The van der Waals surface area contributed by atoms with E-state index >= 15 is 0 Å². The fraction of sp³-hybridized carbons (Fsp3) is 0. The summed E-state index contributed by atoms with van der Waals surface area (Å²) in [4.78, 5) is 16.1. The maximum Gasteiger partial charge on any atom is 0.258 e. The minimum atomic E-state index is -0.337. The third-order valence-electron chi connectivity index (χ3n) is 2.14. The Morgan fingerprint density at radius 3 is 2.67 bits per heavy atom. The van der Waals surface area contributed by atoms with Gasteiger partial charge in [-0.1, -0.05) is 23.2 Å². The van der Waals surface area contributed by atoms with Crippen LogP contribution in [0.3, 0.4) is 0 Å². The summed E-state index contributed by atoms with van der Waals surface area (Å²) in [5.41, 5.74) is 0.324. The number of hydrogen-bond donors (Lipinski definition) is 1. The fourth-order valence-electron chi connectivity index (χ4n) is 1.30. The molecule has 0 atom stereocenters. The Kier molecular flexibility index (Phi) is 4.42. The van der Waals surface area contributed by atoms with Gasteiger partial charge in [0.15, 0.2) is 0 Å². The molecule has 0 saturated heterocycles. The van der Waals surface area contributed by atoms with Crippen LogP contribution >= 0.6 is 45.8 Å². The van der Waals surface area contributed by atoms with Crippen LogP contribution in [0, 0.1) is 3.57 Å². The number of hydrogen-bond acceptors (Lipinski definition) is 2. The summed E-state index contributed by atoms with van der Waals surface area (Å²) < 4.78 is 0.992. The molecule has 0 aliphatic carbocycles. The molecule has 1 aromatic carbocycles. The second kappa shape index (κ2) is 5.86. The Labute approximate surface area is 128 Å². The number of nitrogens with one attached hydrogen (secondary N) is 1. The maximum absolute atomic E-state index is 12.0. The quantitative estimate of drug-likeness (QED) is 0.776. The highest BCUT2D eigenvalue weighted by Crippen LogP contribution is 2.21. The zero-order valence-corrected chi connectivity index (χ0v) is 12.6. The van der Waals surface area contributed by atoms with E-state index in [2.05, 4.69) is 32.9 Å². The standard InChI is InChI=1S/C12H7Cl2IN2O/c13-7-1-3-10(14)9(5-7)12(18)17-11-4-2-8(15)6-16-11/h1-6H,(H,16,17,18). The van der Waals surface area contributed by atoms with Crippen LogP contribution in [-0.4, -0.2) is 10.9 Å². The minimum Gasteiger partial charge on any atom is -0.307 e. The number of anilines is 1. The molecule has 0 bridgehead atoms. The van der Waals surface area contributed by atoms with E-state index in [-0.39, 0.29) is 5.91 Å². The van der Waals surface area contributed by atoms with Gasteiger partial charge in [-0.05, 0) is 52.9 Å². The smallest absolute Gasteiger partial charge is 0.258 e. The van der Waals surface area contributed by atoms with Crippen LogP contribution in [0.4, 0.5) is 5.82 Å². The summed E-state index contributed by atoms with van der Waals surface area (Å²) in [6.07, 6.45) is 1.66. The Bertz CT molecular complexity index is 587. The predicted molar refractivity (Wildman–Crippen MR) is 81.4 cm³/mol. The Hall–Kier alpha value is -0.850. The molecular weight excluding hydrogens is 386 g/mol. The first-order valence-electron chi connectivity index (χ1n) is 4.94. The van der Waals surface area contributed by atoms with E-state index in [0.717, 1.165) is 3.57 Å². The van der Waals surface area contributed by atoms with Gasteiger partial charge in [0.2, 0.25) is 0 Å². The first-order chi connectivity index (χ1) is 8.56. The molecule has 0 fully saturated rings. The predicted octanol–water partition coefficient (Wildman–Crippen LogP) is 4.25. The highest BCUT2D eigenvalue weighted by atomic mass is 127. The SMILES string of the molecule is O=C(Nc1ccc(I)cn1)c1cc(Cl)ccc1Cl. The van der Waals surface area contributed by atoms with Gasteiger partial charge in [-0.3, -0.25) is 4.79 Å². The number of carbonyl (C=O) groups is 1. The van der Waals surface area contributed by atoms with Gasteiger partial charge in [0.1, 0.15) is 5.82 Å². The van der Waals surface area contributed by atoms with Gasteiger partial charge in [-0.15, -0.1) is 0 Å². The minimum absolute atomic E-state index is 0.324. The molecule has 0 unspecified atom stereocenters. The largest absolute Gasteiger partial charge is 0.307 e. The molecule has 6 heteroatoms. The monoisotopic (exact) mass is 392 g/mol. The summed E-state index contributed by atoms with van der Waals surface area (Å²) in [6, 6.07) is 8.30. The average Bonchev–Trinajstić information content (AvgIpc) is 2.35. The summed E-state index contributed by atoms with van der Waals surface area (Å²) in [6.45, 7) is 0. The van der Waals surface area contributed by atoms with Crippen molar-refractivity contribution in [1.82, 2.24) is 4.98 Å². The third kappa shape index (κ3) is 3.34. The first-order valence-corrected chi connectivity index (χ1v) is 6.77. The van der Waals surface area contributed by atoms with E-state index in [9.17, 15) is 4.79 Å².